The summed E-state index contributed by atoms with van der Waals surface area (Å²) in [7, 11) is 1.58. The second-order valence-corrected chi connectivity index (χ2v) is 8.43. The summed E-state index contributed by atoms with van der Waals surface area (Å²) in [5.74, 6) is 0.412. The first-order valence-electron chi connectivity index (χ1n) is 10.1. The summed E-state index contributed by atoms with van der Waals surface area (Å²) in [6.45, 7) is 0.173. The van der Waals surface area contributed by atoms with E-state index in [0.29, 0.717) is 22.0 Å². The van der Waals surface area contributed by atoms with Gasteiger partial charge in [0.2, 0.25) is 0 Å². The Hall–Kier alpha value is -3.15. The highest BCUT2D eigenvalue weighted by atomic mass is 35.5. The van der Waals surface area contributed by atoms with E-state index in [0.717, 1.165) is 40.7 Å². The topological polar surface area (TPSA) is 71.5 Å². The predicted molar refractivity (Wildman–Crippen MR) is 122 cm³/mol. The Kier molecular flexibility index (Phi) is 4.80. The first-order chi connectivity index (χ1) is 15.0. The van der Waals surface area contributed by atoms with Crippen LogP contribution in [0.4, 0.5) is 5.69 Å². The maximum Gasteiger partial charge on any atom is 0.256 e. The zero-order chi connectivity index (χ0) is 21.6. The number of halogens is 1. The number of anilines is 1. The molecule has 3 aromatic rings. The van der Waals surface area contributed by atoms with Gasteiger partial charge in [0, 0.05) is 33.9 Å². The molecule has 1 aliphatic heterocycles. The molecule has 2 heterocycles. The molecule has 1 saturated carbocycles. The normalized spacial score (nSPS) is 17.4. The second-order valence-electron chi connectivity index (χ2n) is 8.02. The molecule has 2 aromatic carbocycles. The van der Waals surface area contributed by atoms with Crippen LogP contribution in [0.15, 0.2) is 54.9 Å². The van der Waals surface area contributed by atoms with Crippen LogP contribution >= 0.6 is 11.6 Å². The molecule has 156 valence electrons. The van der Waals surface area contributed by atoms with E-state index in [1.54, 1.807) is 31.6 Å². The van der Waals surface area contributed by atoms with Crippen molar-refractivity contribution < 1.29 is 14.6 Å². The number of carbonyl (C=O) groups excluding carboxylic acids is 1. The third-order valence-corrected chi connectivity index (χ3v) is 6.50. The number of aromatic nitrogens is 1. The van der Waals surface area contributed by atoms with E-state index >= 15 is 0 Å². The molecule has 1 fully saturated rings. The van der Waals surface area contributed by atoms with E-state index < -0.39 is 0 Å². The summed E-state index contributed by atoms with van der Waals surface area (Å²) >= 11 is 6.58. The number of nitrogens with zero attached hydrogens (tertiary/aromatic N) is 1. The van der Waals surface area contributed by atoms with Gasteiger partial charge in [0.05, 0.1) is 30.6 Å². The summed E-state index contributed by atoms with van der Waals surface area (Å²) in [5.41, 5.74) is 5.69. The molecule has 5 nitrogen and oxygen atoms in total. The molecule has 31 heavy (non-hydrogen) atoms. The Balaban J connectivity index is 1.56. The summed E-state index contributed by atoms with van der Waals surface area (Å²) in [4.78, 5) is 16.8. The number of hydrogen-bond acceptors (Lipinski definition) is 4. The van der Waals surface area contributed by atoms with Crippen molar-refractivity contribution in [1.82, 2.24) is 4.98 Å². The van der Waals surface area contributed by atoms with Crippen molar-refractivity contribution in [2.75, 3.05) is 19.0 Å². The van der Waals surface area contributed by atoms with Gasteiger partial charge >= 0.3 is 0 Å². The Morgan fingerprint density at radius 3 is 2.65 bits per heavy atom. The molecule has 0 atom stereocenters. The maximum atomic E-state index is 12.7. The molecule has 1 aliphatic carbocycles. The standard InChI is InChI=1S/C25H21ClN2O3/c1-31-23-13-27-9-6-16(23)10-20-19-11-18(21(26)12-22(19)28-24(20)30)15-2-4-17(5-3-15)25(14-29)7-8-25/h2-6,9-13,29H,7-8,14H2,1H3,(H,28,30)/b20-10-. The van der Waals surface area contributed by atoms with Crippen LogP contribution < -0.4 is 10.1 Å². The Labute approximate surface area is 185 Å². The molecule has 0 unspecified atom stereocenters. The number of aliphatic hydroxyl groups excluding tert-OH is 1. The van der Waals surface area contributed by atoms with Gasteiger partial charge in [-0.2, -0.15) is 0 Å². The van der Waals surface area contributed by atoms with Crippen molar-refractivity contribution in [1.29, 1.82) is 0 Å². The minimum atomic E-state index is -0.184. The Bertz CT molecular complexity index is 1210. The second kappa shape index (κ2) is 7.52. The van der Waals surface area contributed by atoms with Crippen LogP contribution in [0, 0.1) is 0 Å². The molecule has 5 rings (SSSR count). The predicted octanol–water partition coefficient (Wildman–Crippen LogP) is 4.93. The fourth-order valence-electron chi connectivity index (χ4n) is 4.10. The monoisotopic (exact) mass is 432 g/mol. The highest BCUT2D eigenvalue weighted by molar-refractivity contribution is 6.38. The van der Waals surface area contributed by atoms with Crippen molar-refractivity contribution in [2.45, 2.75) is 18.3 Å². The van der Waals surface area contributed by atoms with Gasteiger partial charge < -0.3 is 15.2 Å². The molecular formula is C25H21ClN2O3. The molecule has 0 bridgehead atoms. The molecular weight excluding hydrogens is 412 g/mol. The van der Waals surface area contributed by atoms with Crippen molar-refractivity contribution in [3.63, 3.8) is 0 Å². The third-order valence-electron chi connectivity index (χ3n) is 6.19. The van der Waals surface area contributed by atoms with Crippen LogP contribution in [0.3, 0.4) is 0 Å². The molecule has 1 aromatic heterocycles. The number of benzene rings is 2. The lowest BCUT2D eigenvalue weighted by molar-refractivity contribution is -0.110. The van der Waals surface area contributed by atoms with Gasteiger partial charge in [-0.05, 0) is 48.2 Å². The Morgan fingerprint density at radius 2 is 1.97 bits per heavy atom. The summed E-state index contributed by atoms with van der Waals surface area (Å²) in [5, 5.41) is 13.1. The average Bonchev–Trinajstić information content (AvgIpc) is 3.54. The van der Waals surface area contributed by atoms with Crippen LogP contribution in [0.25, 0.3) is 22.8 Å². The number of rotatable bonds is 5. The number of methoxy groups -OCH3 is 1. The van der Waals surface area contributed by atoms with E-state index in [9.17, 15) is 9.90 Å². The number of amides is 1. The SMILES string of the molecule is COc1cnccc1/C=C1\C(=O)Nc2cc(Cl)c(-c3ccc(C4(CO)CC4)cc3)cc21. The molecule has 6 heteroatoms. The number of pyridine rings is 1. The van der Waals surface area contributed by atoms with Gasteiger partial charge in [0.25, 0.3) is 5.91 Å². The minimum Gasteiger partial charge on any atom is -0.495 e. The Morgan fingerprint density at radius 1 is 1.19 bits per heavy atom. The number of hydrogen-bond donors (Lipinski definition) is 2. The third kappa shape index (κ3) is 3.40. The first kappa shape index (κ1) is 19.8. The number of aliphatic hydroxyl groups is 1. The number of fused-ring (bicyclic) bond motifs is 1. The summed E-state index contributed by atoms with van der Waals surface area (Å²) in [6.07, 6.45) is 7.12. The van der Waals surface area contributed by atoms with Crippen LogP contribution in [0.1, 0.15) is 29.5 Å². The molecule has 0 spiro atoms. The molecule has 2 N–H and O–H groups in total. The smallest absolute Gasteiger partial charge is 0.256 e. The van der Waals surface area contributed by atoms with Crippen molar-refractivity contribution >= 4 is 34.8 Å². The van der Waals surface area contributed by atoms with Crippen LogP contribution in [-0.4, -0.2) is 29.7 Å². The van der Waals surface area contributed by atoms with Gasteiger partial charge in [-0.1, -0.05) is 35.9 Å². The fraction of sp³-hybridized carbons (Fsp3) is 0.200. The van der Waals surface area contributed by atoms with Crippen molar-refractivity contribution in [2.24, 2.45) is 0 Å². The van der Waals surface area contributed by atoms with Gasteiger partial charge in [-0.15, -0.1) is 0 Å². The number of carbonyl (C=O) groups is 1. The van der Waals surface area contributed by atoms with Gasteiger partial charge in [-0.25, -0.2) is 0 Å². The summed E-state index contributed by atoms with van der Waals surface area (Å²) < 4.78 is 5.37. The fourth-order valence-corrected chi connectivity index (χ4v) is 4.38. The zero-order valence-electron chi connectivity index (χ0n) is 17.0. The van der Waals surface area contributed by atoms with Crippen molar-refractivity contribution in [3.8, 4) is 16.9 Å². The van der Waals surface area contributed by atoms with Crippen LogP contribution in [-0.2, 0) is 10.2 Å². The van der Waals surface area contributed by atoms with Gasteiger partial charge in [0.1, 0.15) is 5.75 Å². The zero-order valence-corrected chi connectivity index (χ0v) is 17.7. The number of ether oxygens (including phenoxy) is 1. The van der Waals surface area contributed by atoms with E-state index in [1.165, 1.54) is 0 Å². The molecule has 2 aliphatic rings. The first-order valence-corrected chi connectivity index (χ1v) is 10.5. The van der Waals surface area contributed by atoms with Crippen LogP contribution in [0.2, 0.25) is 5.02 Å². The lowest BCUT2D eigenvalue weighted by Gasteiger charge is -2.14. The number of nitrogens with one attached hydrogen (secondary N) is 1. The maximum absolute atomic E-state index is 12.7. The van der Waals surface area contributed by atoms with E-state index in [4.69, 9.17) is 16.3 Å². The van der Waals surface area contributed by atoms with Crippen molar-refractivity contribution in [3.05, 3.63) is 76.6 Å². The highest BCUT2D eigenvalue weighted by Crippen LogP contribution is 2.48. The van der Waals surface area contributed by atoms with Crippen LogP contribution in [0.5, 0.6) is 5.75 Å². The lowest BCUT2D eigenvalue weighted by atomic mass is 9.93. The van der Waals surface area contributed by atoms with Gasteiger partial charge in [-0.3, -0.25) is 9.78 Å². The van der Waals surface area contributed by atoms with E-state index in [2.05, 4.69) is 22.4 Å². The van der Waals surface area contributed by atoms with Gasteiger partial charge in [0.15, 0.2) is 0 Å². The quantitative estimate of drug-likeness (QED) is 0.561. The minimum absolute atomic E-state index is 0.0733. The largest absolute Gasteiger partial charge is 0.495 e. The summed E-state index contributed by atoms with van der Waals surface area (Å²) in [6, 6.07) is 13.7. The lowest BCUT2D eigenvalue weighted by Crippen LogP contribution is -2.11. The van der Waals surface area contributed by atoms with E-state index in [-0.39, 0.29) is 17.9 Å². The molecule has 0 saturated heterocycles. The molecule has 1 amide bonds. The molecule has 0 radical (unpaired) electrons. The average molecular weight is 433 g/mol. The highest BCUT2D eigenvalue weighted by Gasteiger charge is 2.43. The van der Waals surface area contributed by atoms with E-state index in [1.807, 2.05) is 24.3 Å².